The van der Waals surface area contributed by atoms with Crippen LogP contribution >= 0.6 is 59.9 Å². The molecule has 0 radical (unpaired) electrons. The van der Waals surface area contributed by atoms with Crippen molar-refractivity contribution in [3.8, 4) is 34.5 Å². The van der Waals surface area contributed by atoms with Crippen LogP contribution in [0, 0.1) is 0 Å². The molecule has 1 unspecified atom stereocenters. The molecule has 0 fully saturated rings. The third kappa shape index (κ3) is 29.7. The minimum absolute atomic E-state index is 0. The molecule has 0 aliphatic carbocycles. The summed E-state index contributed by atoms with van der Waals surface area (Å²) in [5.41, 5.74) is 5.24. The first-order valence-electron chi connectivity index (χ1n) is 19.0. The number of nitrogens with one attached hydrogen (secondary N) is 1. The Bertz CT molecular complexity index is 1510. The van der Waals surface area contributed by atoms with Gasteiger partial charge in [-0.2, -0.15) is 0 Å². The number of aliphatic hydroxyl groups excluding tert-OH is 1. The number of ether oxygens (including phenoxy) is 8. The Morgan fingerprint density at radius 2 is 1.20 bits per heavy atom. The van der Waals surface area contributed by atoms with Gasteiger partial charge in [-0.05, 0) is 43.7 Å². The number of amides is 1. The van der Waals surface area contributed by atoms with Crippen molar-refractivity contribution in [1.29, 1.82) is 0 Å². The molecule has 352 valence electrons. The number of aliphatic hydroxyl groups is 1. The van der Waals surface area contributed by atoms with E-state index in [1.165, 1.54) is 98.0 Å². The van der Waals surface area contributed by atoms with Gasteiger partial charge in [-0.15, -0.1) is 0 Å². The molecule has 2 aromatic rings. The van der Waals surface area contributed by atoms with E-state index in [1.807, 2.05) is 0 Å². The first-order chi connectivity index (χ1) is 28.7. The monoisotopic (exact) mass is 1250 g/mol. The van der Waals surface area contributed by atoms with E-state index >= 15 is 0 Å². The molecule has 1 aliphatic rings. The van der Waals surface area contributed by atoms with E-state index in [9.17, 15) is 29.4 Å². The minimum atomic E-state index is -0.951. The second-order valence-corrected chi connectivity index (χ2v) is 47.4. The molecule has 21 heteroatoms. The van der Waals surface area contributed by atoms with E-state index in [-0.39, 0.29) is 65.6 Å². The van der Waals surface area contributed by atoms with Crippen molar-refractivity contribution in [2.75, 3.05) is 61.9 Å². The van der Waals surface area contributed by atoms with Crippen molar-refractivity contribution in [3.63, 3.8) is 0 Å². The number of fused-ring (bicyclic) bond motifs is 1. The SMILES string of the molecule is C.CCCCCCCCCCCCNC(=O)COc1cc(C(=O)OC)cc(O)c1O.CCCN.CO.COC(=O)COc1cc(C(=O)OC)cc2c1OC(OC)O2.[I][V]([I])[I]. The fraction of sp³-hybridized carbons (Fsp3) is 0.600. The summed E-state index contributed by atoms with van der Waals surface area (Å²) in [4.78, 5) is 45.9. The van der Waals surface area contributed by atoms with E-state index in [2.05, 4.69) is 93.3 Å². The van der Waals surface area contributed by atoms with Crippen molar-refractivity contribution in [2.24, 2.45) is 5.73 Å². The molecular weight excluding hydrogens is 1180 g/mol. The third-order valence-electron chi connectivity index (χ3n) is 7.62. The summed E-state index contributed by atoms with van der Waals surface area (Å²) < 4.78 is 39.8. The van der Waals surface area contributed by atoms with Crippen LogP contribution in [0.15, 0.2) is 24.3 Å². The fourth-order valence-corrected chi connectivity index (χ4v) is 4.61. The predicted molar refractivity (Wildman–Crippen MR) is 255 cm³/mol. The Kier molecular flexibility index (Phi) is 41.9. The molecule has 1 aliphatic heterocycles. The van der Waals surface area contributed by atoms with Crippen molar-refractivity contribution in [2.45, 2.75) is 98.4 Å². The van der Waals surface area contributed by atoms with Crippen LogP contribution in [0.25, 0.3) is 0 Å². The summed E-state index contributed by atoms with van der Waals surface area (Å²) in [7, 11) is 6.09. The molecule has 0 bridgehead atoms. The van der Waals surface area contributed by atoms with E-state index in [0.717, 1.165) is 39.0 Å². The molecule has 1 atom stereocenters. The van der Waals surface area contributed by atoms with Gasteiger partial charge in [-0.25, -0.2) is 14.4 Å². The van der Waals surface area contributed by atoms with Gasteiger partial charge < -0.3 is 64.3 Å². The van der Waals surface area contributed by atoms with Gasteiger partial charge in [0.1, 0.15) is 0 Å². The van der Waals surface area contributed by atoms with E-state index in [0.29, 0.717) is 6.54 Å². The number of benzene rings is 2. The summed E-state index contributed by atoms with van der Waals surface area (Å²) in [6, 6.07) is 5.11. The summed E-state index contributed by atoms with van der Waals surface area (Å²) in [5.74, 6) is -2.73. The maximum atomic E-state index is 11.9. The quantitative estimate of drug-likeness (QED) is 0.0260. The van der Waals surface area contributed by atoms with Crippen molar-refractivity contribution in [3.05, 3.63) is 35.4 Å². The molecule has 0 saturated heterocycles. The normalized spacial score (nSPS) is 11.5. The van der Waals surface area contributed by atoms with Gasteiger partial charge in [0.15, 0.2) is 36.2 Å². The molecule has 0 aromatic heterocycles. The van der Waals surface area contributed by atoms with Crippen molar-refractivity contribution < 1.29 is 77.3 Å². The third-order valence-corrected chi connectivity index (χ3v) is 7.62. The number of carbonyl (C=O) groups excluding carboxylic acids is 4. The van der Waals surface area contributed by atoms with Gasteiger partial charge in [-0.1, -0.05) is 79.1 Å². The van der Waals surface area contributed by atoms with E-state index in [4.69, 9.17) is 34.5 Å². The molecule has 6 N–H and O–H groups in total. The number of esters is 3. The van der Waals surface area contributed by atoms with Crippen LogP contribution in [0.3, 0.4) is 0 Å². The topological polar surface area (TPSA) is 241 Å². The number of carbonyl (C=O) groups is 4. The second kappa shape index (κ2) is 40.5. The number of methoxy groups -OCH3 is 4. The van der Waals surface area contributed by atoms with Gasteiger partial charge >= 0.3 is 89.2 Å². The molecule has 0 spiro atoms. The van der Waals surface area contributed by atoms with Gasteiger partial charge in [0.2, 0.25) is 11.5 Å². The Morgan fingerprint density at radius 1 is 0.721 bits per heavy atom. The fourth-order valence-electron chi connectivity index (χ4n) is 4.61. The van der Waals surface area contributed by atoms with Crippen LogP contribution in [-0.2, 0) is 33.5 Å². The van der Waals surface area contributed by atoms with Crippen LogP contribution in [0.2, 0.25) is 0 Å². The average molecular weight is 1250 g/mol. The predicted octanol–water partition coefficient (Wildman–Crippen LogP) is 8.28. The van der Waals surface area contributed by atoms with Crippen LogP contribution in [0.5, 0.6) is 34.5 Å². The first kappa shape index (κ1) is 63.1. The first-order valence-corrected chi connectivity index (χ1v) is 32.5. The Morgan fingerprint density at radius 3 is 1.67 bits per heavy atom. The van der Waals surface area contributed by atoms with Gasteiger partial charge in [0, 0.05) is 20.8 Å². The van der Waals surface area contributed by atoms with Gasteiger partial charge in [0.25, 0.3) is 5.91 Å². The van der Waals surface area contributed by atoms with Gasteiger partial charge in [-0.3, -0.25) is 4.79 Å². The molecular formula is C40H66I3N2O15V. The molecule has 1 amide bonds. The number of phenolic OH excluding ortho intramolecular Hbond substituents is 2. The molecule has 3 rings (SSSR count). The summed E-state index contributed by atoms with van der Waals surface area (Å²) in [6.45, 7) is 4.05. The zero-order valence-corrected chi connectivity index (χ0v) is 43.3. The van der Waals surface area contributed by atoms with Crippen LogP contribution < -0.4 is 30.0 Å². The number of unbranched alkanes of at least 4 members (excludes halogenated alkanes) is 9. The van der Waals surface area contributed by atoms with Gasteiger partial charge in [0.05, 0.1) is 32.5 Å². The van der Waals surface area contributed by atoms with Crippen LogP contribution in [-0.4, -0.2) is 107 Å². The number of nitrogens with two attached hydrogens (primary N) is 1. The number of hydrogen-bond donors (Lipinski definition) is 5. The molecule has 0 saturated carbocycles. The Hall–Kier alpha value is -2.23. The standard InChI is InChI=1S/C22H35NO6.C13H14O8.C3H9N.CH4O.CH4.3HI.V/c1-3-4-5-6-7-8-9-10-11-12-13-23-20(25)16-29-19-15-17(22(27)28-2)14-18(24)21(19)26;1-16-10(14)6-19-8-4-7(12(15)17-2)5-9-11(8)21-13(18-3)20-9;1-2-3-4;1-2;;;;;/h14-15,24,26H,3-13,16H2,1-2H3,(H,23,25);4-5,13H,6H2,1-3H3;2-4H2,1H3;2H,1H3;1H4;3*1H;/q;;;;;;;;+3/p-3. The number of phenols is 2. The number of rotatable bonds is 21. The summed E-state index contributed by atoms with van der Waals surface area (Å²) >= 11 is 7.39. The maximum absolute atomic E-state index is 11.9. The summed E-state index contributed by atoms with van der Waals surface area (Å²) in [6.07, 6.45) is 13.4. The van der Waals surface area contributed by atoms with Crippen LogP contribution in [0.4, 0.5) is 0 Å². The molecule has 1 heterocycles. The van der Waals surface area contributed by atoms with Crippen molar-refractivity contribution in [1.82, 2.24) is 5.32 Å². The Labute approximate surface area is 398 Å². The average Bonchev–Trinajstić information content (AvgIpc) is 3.69. The van der Waals surface area contributed by atoms with E-state index in [1.54, 1.807) is 0 Å². The zero-order chi connectivity index (χ0) is 45.9. The number of halogens is 3. The van der Waals surface area contributed by atoms with Crippen molar-refractivity contribution >= 4 is 83.8 Å². The zero-order valence-electron chi connectivity index (χ0n) is 35.4. The number of aromatic hydroxyl groups is 2. The molecule has 2 aromatic carbocycles. The van der Waals surface area contributed by atoms with E-state index < -0.39 is 35.9 Å². The number of hydrogen-bond acceptors (Lipinski definition) is 16. The molecule has 17 nitrogen and oxygen atoms in total. The Balaban J connectivity index is -0.000000916. The molecule has 61 heavy (non-hydrogen) atoms. The summed E-state index contributed by atoms with van der Waals surface area (Å²) in [5, 5.41) is 29.2. The van der Waals surface area contributed by atoms with Crippen LogP contribution in [0.1, 0.15) is 113 Å². The second-order valence-electron chi connectivity index (χ2n) is 12.1.